The van der Waals surface area contributed by atoms with Gasteiger partial charge in [-0.3, -0.25) is 9.59 Å². The summed E-state index contributed by atoms with van der Waals surface area (Å²) in [5.74, 6) is -0.154. The summed E-state index contributed by atoms with van der Waals surface area (Å²) in [4.78, 5) is 28.0. The summed E-state index contributed by atoms with van der Waals surface area (Å²) in [6, 6.07) is 10.7. The van der Waals surface area contributed by atoms with Crippen molar-refractivity contribution in [3.05, 3.63) is 54.5 Å². The Morgan fingerprint density at radius 1 is 1.09 bits per heavy atom. The molecule has 1 heterocycles. The maximum atomic E-state index is 13.2. The van der Waals surface area contributed by atoms with E-state index in [0.717, 1.165) is 25.7 Å². The highest BCUT2D eigenvalue weighted by atomic mass is 32.2. The van der Waals surface area contributed by atoms with Crippen LogP contribution in [0.3, 0.4) is 0 Å². The van der Waals surface area contributed by atoms with Gasteiger partial charge in [0, 0.05) is 6.04 Å². The maximum Gasteiger partial charge on any atom is 0.243 e. The molecule has 3 rings (SSSR count). The van der Waals surface area contributed by atoms with Crippen LogP contribution in [0.5, 0.6) is 0 Å². The van der Waals surface area contributed by atoms with Gasteiger partial charge >= 0.3 is 0 Å². The van der Waals surface area contributed by atoms with Crippen LogP contribution in [-0.2, 0) is 26.2 Å². The molecule has 1 aliphatic rings. The van der Waals surface area contributed by atoms with Crippen LogP contribution in [0.25, 0.3) is 0 Å². The lowest BCUT2D eigenvalue weighted by Gasteiger charge is -2.32. The summed E-state index contributed by atoms with van der Waals surface area (Å²) < 4.78 is 33.0. The summed E-state index contributed by atoms with van der Waals surface area (Å²) in [6.07, 6.45) is 7.89. The number of nitrogens with one attached hydrogen (secondary N) is 2. The zero-order valence-corrected chi connectivity index (χ0v) is 19.9. The van der Waals surface area contributed by atoms with Crippen molar-refractivity contribution in [1.82, 2.24) is 14.9 Å². The van der Waals surface area contributed by atoms with Crippen LogP contribution in [0.2, 0.25) is 0 Å². The van der Waals surface area contributed by atoms with E-state index in [1.807, 2.05) is 6.92 Å². The van der Waals surface area contributed by atoms with E-state index in [-0.39, 0.29) is 23.4 Å². The summed E-state index contributed by atoms with van der Waals surface area (Å²) in [5.41, 5.74) is 0. The molecule has 0 unspecified atom stereocenters. The first-order valence-corrected chi connectivity index (χ1v) is 13.1. The third-order valence-corrected chi connectivity index (χ3v) is 7.30. The van der Waals surface area contributed by atoms with Gasteiger partial charge in [0.1, 0.15) is 11.8 Å². The summed E-state index contributed by atoms with van der Waals surface area (Å²) in [6.45, 7) is 1.59. The molecule has 0 bridgehead atoms. The van der Waals surface area contributed by atoms with E-state index in [1.165, 1.54) is 29.7 Å². The van der Waals surface area contributed by atoms with Crippen molar-refractivity contribution in [3.63, 3.8) is 0 Å². The number of rotatable bonds is 11. The first-order chi connectivity index (χ1) is 15.9. The molecule has 1 aromatic carbocycles. The molecule has 0 spiro atoms. The second-order valence-electron chi connectivity index (χ2n) is 8.39. The Bertz CT molecular complexity index is 986. The van der Waals surface area contributed by atoms with E-state index < -0.39 is 28.5 Å². The minimum Gasteiger partial charge on any atom is -0.467 e. The lowest BCUT2D eigenvalue weighted by atomic mass is 9.95. The van der Waals surface area contributed by atoms with Crippen LogP contribution in [0.15, 0.2) is 58.0 Å². The average Bonchev–Trinajstić information content (AvgIpc) is 3.34. The molecule has 1 atom stereocenters. The maximum absolute atomic E-state index is 13.2. The van der Waals surface area contributed by atoms with Crippen LogP contribution in [0.1, 0.15) is 57.6 Å². The molecule has 180 valence electrons. The highest BCUT2D eigenvalue weighted by Gasteiger charge is 2.32. The number of sulfonamides is 1. The molecule has 33 heavy (non-hydrogen) atoms. The Morgan fingerprint density at radius 2 is 1.82 bits per heavy atom. The van der Waals surface area contributed by atoms with E-state index in [2.05, 4.69) is 10.0 Å². The Balaban J connectivity index is 1.76. The second kappa shape index (κ2) is 12.0. The van der Waals surface area contributed by atoms with Crippen molar-refractivity contribution >= 4 is 21.8 Å². The first-order valence-electron chi connectivity index (χ1n) is 11.6. The zero-order chi connectivity index (χ0) is 23.7. The number of hydrogen-bond donors (Lipinski definition) is 2. The minimum absolute atomic E-state index is 0.0792. The Morgan fingerprint density at radius 3 is 2.45 bits per heavy atom. The lowest BCUT2D eigenvalue weighted by Crippen LogP contribution is -2.53. The standard InChI is InChI=1S/C24H33N3O5S/c1-2-10-22(24(29)26-19-11-5-3-6-12-19)27(18-20-13-9-16-32-20)23(28)17-25-33(30,31)21-14-7-4-8-15-21/h4,7-9,13-16,19,22,25H,2-3,5-6,10-12,17-18H2,1H3,(H,26,29)/t22-/m1/s1. The molecule has 0 aliphatic heterocycles. The third-order valence-electron chi connectivity index (χ3n) is 5.89. The van der Waals surface area contributed by atoms with Gasteiger partial charge in [-0.2, -0.15) is 0 Å². The van der Waals surface area contributed by atoms with Crippen molar-refractivity contribution in [2.45, 2.75) is 75.4 Å². The fourth-order valence-corrected chi connectivity index (χ4v) is 5.13. The minimum atomic E-state index is -3.85. The number of benzene rings is 1. The Hall–Kier alpha value is -2.65. The smallest absolute Gasteiger partial charge is 0.243 e. The van der Waals surface area contributed by atoms with Crippen molar-refractivity contribution in [3.8, 4) is 0 Å². The predicted octanol–water partition coefficient (Wildman–Crippen LogP) is 3.20. The third kappa shape index (κ3) is 7.17. The molecule has 1 saturated carbocycles. The normalized spacial score (nSPS) is 15.7. The molecule has 2 N–H and O–H groups in total. The van der Waals surface area contributed by atoms with Crippen molar-refractivity contribution in [2.24, 2.45) is 0 Å². The van der Waals surface area contributed by atoms with Gasteiger partial charge in [0.2, 0.25) is 21.8 Å². The first kappa shape index (κ1) is 25.0. The zero-order valence-electron chi connectivity index (χ0n) is 19.0. The van der Waals surface area contributed by atoms with Crippen LogP contribution in [0, 0.1) is 0 Å². The molecule has 9 heteroatoms. The average molecular weight is 476 g/mol. The molecule has 0 radical (unpaired) electrons. The van der Waals surface area contributed by atoms with Gasteiger partial charge in [0.15, 0.2) is 0 Å². The van der Waals surface area contributed by atoms with Crippen molar-refractivity contribution in [1.29, 1.82) is 0 Å². The van der Waals surface area contributed by atoms with E-state index in [4.69, 9.17) is 4.42 Å². The summed E-state index contributed by atoms with van der Waals surface area (Å²) in [7, 11) is -3.85. The van der Waals surface area contributed by atoms with Crippen LogP contribution >= 0.6 is 0 Å². The molecule has 1 aliphatic carbocycles. The number of carbonyl (C=O) groups excluding carboxylic acids is 2. The molecule has 1 aromatic heterocycles. The van der Waals surface area contributed by atoms with E-state index in [1.54, 1.807) is 30.3 Å². The molecular formula is C24H33N3O5S. The highest BCUT2D eigenvalue weighted by molar-refractivity contribution is 7.89. The molecule has 2 aromatic rings. The van der Waals surface area contributed by atoms with E-state index in [9.17, 15) is 18.0 Å². The van der Waals surface area contributed by atoms with E-state index in [0.29, 0.717) is 18.6 Å². The topological polar surface area (TPSA) is 109 Å². The van der Waals surface area contributed by atoms with Gasteiger partial charge < -0.3 is 14.6 Å². The monoisotopic (exact) mass is 475 g/mol. The van der Waals surface area contributed by atoms with Crippen LogP contribution in [-0.4, -0.2) is 43.8 Å². The summed E-state index contributed by atoms with van der Waals surface area (Å²) >= 11 is 0. The Labute approximate surface area is 195 Å². The largest absolute Gasteiger partial charge is 0.467 e. The Kier molecular flexibility index (Phi) is 9.08. The second-order valence-corrected chi connectivity index (χ2v) is 10.2. The molecular weight excluding hydrogens is 442 g/mol. The van der Waals surface area contributed by atoms with E-state index >= 15 is 0 Å². The highest BCUT2D eigenvalue weighted by Crippen LogP contribution is 2.19. The number of carbonyl (C=O) groups is 2. The summed E-state index contributed by atoms with van der Waals surface area (Å²) in [5, 5.41) is 3.11. The molecule has 2 amide bonds. The van der Waals surface area contributed by atoms with Gasteiger partial charge in [-0.15, -0.1) is 0 Å². The van der Waals surface area contributed by atoms with Crippen LogP contribution < -0.4 is 10.0 Å². The SMILES string of the molecule is CCC[C@H](C(=O)NC1CCCCC1)N(Cc1ccco1)C(=O)CNS(=O)(=O)c1ccccc1. The van der Waals surface area contributed by atoms with Crippen molar-refractivity contribution < 1.29 is 22.4 Å². The number of hydrogen-bond acceptors (Lipinski definition) is 5. The van der Waals surface area contributed by atoms with Gasteiger partial charge in [-0.05, 0) is 43.5 Å². The molecule has 0 saturated heterocycles. The number of nitrogens with zero attached hydrogens (tertiary/aromatic N) is 1. The lowest BCUT2D eigenvalue weighted by molar-refractivity contribution is -0.141. The quantitative estimate of drug-likeness (QED) is 0.519. The van der Waals surface area contributed by atoms with Gasteiger partial charge in [0.05, 0.1) is 24.2 Å². The number of furan rings is 1. The van der Waals surface area contributed by atoms with Gasteiger partial charge in [-0.25, -0.2) is 13.1 Å². The van der Waals surface area contributed by atoms with Crippen LogP contribution in [0.4, 0.5) is 0 Å². The van der Waals surface area contributed by atoms with Crippen molar-refractivity contribution in [2.75, 3.05) is 6.54 Å². The fourth-order valence-electron chi connectivity index (χ4n) is 4.13. The predicted molar refractivity (Wildman–Crippen MR) is 125 cm³/mol. The van der Waals surface area contributed by atoms with Gasteiger partial charge in [-0.1, -0.05) is 50.8 Å². The van der Waals surface area contributed by atoms with Gasteiger partial charge in [0.25, 0.3) is 0 Å². The molecule has 8 nitrogen and oxygen atoms in total. The fraction of sp³-hybridized carbons (Fsp3) is 0.500. The number of amides is 2. The molecule has 1 fully saturated rings.